The van der Waals surface area contributed by atoms with Crippen molar-refractivity contribution < 1.29 is 9.90 Å². The number of terminal acetylenes is 1. The zero-order valence-electron chi connectivity index (χ0n) is 8.97. The lowest BCUT2D eigenvalue weighted by atomic mass is 10.2. The summed E-state index contributed by atoms with van der Waals surface area (Å²) >= 11 is 0. The van der Waals surface area contributed by atoms with Crippen molar-refractivity contribution >= 4 is 11.8 Å². The largest absolute Gasteiger partial charge is 0.476 e. The van der Waals surface area contributed by atoms with Crippen LogP contribution in [0.4, 0.5) is 5.82 Å². The van der Waals surface area contributed by atoms with Gasteiger partial charge in [0.2, 0.25) is 0 Å². The van der Waals surface area contributed by atoms with E-state index in [1.54, 1.807) is 0 Å². The highest BCUT2D eigenvalue weighted by Crippen LogP contribution is 2.11. The minimum absolute atomic E-state index is 0.112. The number of hydrogen-bond donors (Lipinski definition) is 2. The summed E-state index contributed by atoms with van der Waals surface area (Å²) in [5.41, 5.74) is -0.112. The minimum Gasteiger partial charge on any atom is -0.476 e. The Balaban J connectivity index is 2.88. The first-order chi connectivity index (χ1) is 7.69. The fraction of sp³-hybridized carbons (Fsp3) is 0.364. The van der Waals surface area contributed by atoms with Gasteiger partial charge in [-0.05, 0) is 6.42 Å². The van der Waals surface area contributed by atoms with Gasteiger partial charge in [0.05, 0.1) is 6.04 Å². The molecule has 0 radical (unpaired) electrons. The molecule has 0 aromatic carbocycles. The van der Waals surface area contributed by atoms with E-state index in [-0.39, 0.29) is 17.6 Å². The Kier molecular flexibility index (Phi) is 4.28. The summed E-state index contributed by atoms with van der Waals surface area (Å²) in [7, 11) is 0. The van der Waals surface area contributed by atoms with Crippen LogP contribution in [-0.4, -0.2) is 27.1 Å². The van der Waals surface area contributed by atoms with Crippen molar-refractivity contribution in [2.24, 2.45) is 0 Å². The van der Waals surface area contributed by atoms with E-state index >= 15 is 0 Å². The van der Waals surface area contributed by atoms with Gasteiger partial charge in [-0.2, -0.15) is 0 Å². The number of hydrogen-bond acceptors (Lipinski definition) is 4. The zero-order chi connectivity index (χ0) is 12.0. The third-order valence-electron chi connectivity index (χ3n) is 1.99. The molecule has 1 rings (SSSR count). The van der Waals surface area contributed by atoms with Crippen molar-refractivity contribution in [3.05, 3.63) is 18.1 Å². The van der Waals surface area contributed by atoms with Crippen molar-refractivity contribution in [2.75, 3.05) is 5.32 Å². The third kappa shape index (κ3) is 2.95. The first kappa shape index (κ1) is 12.0. The number of aromatic carboxylic acids is 1. The van der Waals surface area contributed by atoms with Gasteiger partial charge in [0.25, 0.3) is 0 Å². The molecule has 1 heterocycles. The smallest absolute Gasteiger partial charge is 0.358 e. The molecular formula is C11H13N3O2. The number of anilines is 1. The Bertz CT molecular complexity index is 412. The molecule has 5 nitrogen and oxygen atoms in total. The summed E-state index contributed by atoms with van der Waals surface area (Å²) in [6, 6.07) is -0.222. The van der Waals surface area contributed by atoms with Crippen LogP contribution in [0.25, 0.3) is 0 Å². The highest BCUT2D eigenvalue weighted by molar-refractivity contribution is 5.90. The van der Waals surface area contributed by atoms with Crippen molar-refractivity contribution in [1.82, 2.24) is 9.97 Å². The quantitative estimate of drug-likeness (QED) is 0.732. The predicted octanol–water partition coefficient (Wildman–Crippen LogP) is 1.39. The predicted molar refractivity (Wildman–Crippen MR) is 60.1 cm³/mol. The van der Waals surface area contributed by atoms with Crippen LogP contribution >= 0.6 is 0 Å². The summed E-state index contributed by atoms with van der Waals surface area (Å²) in [4.78, 5) is 18.5. The van der Waals surface area contributed by atoms with Crippen LogP contribution in [0.15, 0.2) is 12.4 Å². The summed E-state index contributed by atoms with van der Waals surface area (Å²) < 4.78 is 0. The number of nitrogens with one attached hydrogen (secondary N) is 1. The van der Waals surface area contributed by atoms with Gasteiger partial charge < -0.3 is 10.4 Å². The van der Waals surface area contributed by atoms with Gasteiger partial charge in [-0.15, -0.1) is 6.42 Å². The number of aromatic nitrogens is 2. The average molecular weight is 219 g/mol. The van der Waals surface area contributed by atoms with E-state index in [1.807, 2.05) is 6.92 Å². The van der Waals surface area contributed by atoms with E-state index in [9.17, 15) is 4.79 Å². The van der Waals surface area contributed by atoms with Crippen molar-refractivity contribution in [3.63, 3.8) is 0 Å². The topological polar surface area (TPSA) is 75.1 Å². The van der Waals surface area contributed by atoms with E-state index in [4.69, 9.17) is 11.5 Å². The monoisotopic (exact) mass is 219 g/mol. The lowest BCUT2D eigenvalue weighted by molar-refractivity contribution is 0.0691. The fourth-order valence-electron chi connectivity index (χ4n) is 1.25. The van der Waals surface area contributed by atoms with Crippen LogP contribution in [0.3, 0.4) is 0 Å². The van der Waals surface area contributed by atoms with Crippen LogP contribution in [0.1, 0.15) is 30.3 Å². The Hall–Kier alpha value is -2.09. The van der Waals surface area contributed by atoms with Gasteiger partial charge in [-0.3, -0.25) is 0 Å². The molecule has 1 aromatic rings. The molecule has 0 amide bonds. The lowest BCUT2D eigenvalue weighted by Gasteiger charge is -2.13. The molecule has 0 aliphatic heterocycles. The number of nitrogens with zero attached hydrogens (tertiary/aromatic N) is 2. The number of carboxylic acid groups (broad SMARTS) is 1. The van der Waals surface area contributed by atoms with E-state index in [2.05, 4.69) is 21.2 Å². The average Bonchev–Trinajstić information content (AvgIpc) is 2.29. The van der Waals surface area contributed by atoms with E-state index in [0.717, 1.165) is 12.8 Å². The highest BCUT2D eigenvalue weighted by atomic mass is 16.4. The molecule has 16 heavy (non-hydrogen) atoms. The molecule has 0 saturated carbocycles. The SMILES string of the molecule is C#CC(CCC)Nc1nccnc1C(=O)O. The second-order valence-corrected chi connectivity index (χ2v) is 3.21. The molecular weight excluding hydrogens is 206 g/mol. The standard InChI is InChI=1S/C11H13N3O2/c1-3-5-8(4-2)14-10-9(11(15)16)12-6-7-13-10/h2,6-8H,3,5H2,1H3,(H,13,14)(H,15,16). The van der Waals surface area contributed by atoms with Gasteiger partial charge in [-0.25, -0.2) is 14.8 Å². The molecule has 2 N–H and O–H groups in total. The molecule has 0 spiro atoms. The van der Waals surface area contributed by atoms with Crippen LogP contribution in [0, 0.1) is 12.3 Å². The van der Waals surface area contributed by atoms with E-state index in [1.165, 1.54) is 12.4 Å². The zero-order valence-corrected chi connectivity index (χ0v) is 8.97. The molecule has 1 aromatic heterocycles. The van der Waals surface area contributed by atoms with Crippen LogP contribution in [-0.2, 0) is 0 Å². The minimum atomic E-state index is -1.12. The van der Waals surface area contributed by atoms with Crippen molar-refractivity contribution in [2.45, 2.75) is 25.8 Å². The summed E-state index contributed by atoms with van der Waals surface area (Å²) in [6.45, 7) is 2.00. The van der Waals surface area contributed by atoms with E-state index < -0.39 is 5.97 Å². The Morgan fingerprint density at radius 3 is 2.88 bits per heavy atom. The fourth-order valence-corrected chi connectivity index (χ4v) is 1.25. The first-order valence-corrected chi connectivity index (χ1v) is 4.96. The first-order valence-electron chi connectivity index (χ1n) is 4.96. The van der Waals surface area contributed by atoms with Gasteiger partial charge in [0, 0.05) is 12.4 Å². The second kappa shape index (κ2) is 5.71. The molecule has 84 valence electrons. The van der Waals surface area contributed by atoms with E-state index in [0.29, 0.717) is 0 Å². The molecule has 5 heteroatoms. The molecule has 0 aliphatic carbocycles. The van der Waals surface area contributed by atoms with Gasteiger partial charge in [-0.1, -0.05) is 19.3 Å². The lowest BCUT2D eigenvalue weighted by Crippen LogP contribution is -2.20. The molecule has 0 fully saturated rings. The Morgan fingerprint density at radius 2 is 2.31 bits per heavy atom. The second-order valence-electron chi connectivity index (χ2n) is 3.21. The third-order valence-corrected chi connectivity index (χ3v) is 1.99. The van der Waals surface area contributed by atoms with Gasteiger partial charge >= 0.3 is 5.97 Å². The maximum atomic E-state index is 10.9. The van der Waals surface area contributed by atoms with Crippen molar-refractivity contribution in [3.8, 4) is 12.3 Å². The normalized spacial score (nSPS) is 11.5. The van der Waals surface area contributed by atoms with Crippen LogP contribution in [0.5, 0.6) is 0 Å². The number of carboxylic acids is 1. The summed E-state index contributed by atoms with van der Waals surface area (Å²) in [5, 5.41) is 11.8. The number of rotatable bonds is 5. The summed E-state index contributed by atoms with van der Waals surface area (Å²) in [6.07, 6.45) is 9.75. The van der Waals surface area contributed by atoms with Gasteiger partial charge in [0.15, 0.2) is 11.5 Å². The molecule has 1 unspecified atom stereocenters. The van der Waals surface area contributed by atoms with Crippen LogP contribution < -0.4 is 5.32 Å². The maximum Gasteiger partial charge on any atom is 0.358 e. The van der Waals surface area contributed by atoms with Crippen molar-refractivity contribution in [1.29, 1.82) is 0 Å². The summed E-state index contributed by atoms with van der Waals surface area (Å²) in [5.74, 6) is 1.64. The number of carbonyl (C=O) groups is 1. The Labute approximate surface area is 93.9 Å². The highest BCUT2D eigenvalue weighted by Gasteiger charge is 2.14. The van der Waals surface area contributed by atoms with Gasteiger partial charge in [0.1, 0.15) is 0 Å². The molecule has 0 saturated heterocycles. The molecule has 1 atom stereocenters. The maximum absolute atomic E-state index is 10.9. The molecule has 0 bridgehead atoms. The van der Waals surface area contributed by atoms with Crippen LogP contribution in [0.2, 0.25) is 0 Å². The molecule has 0 aliphatic rings. The Morgan fingerprint density at radius 1 is 1.62 bits per heavy atom.